The molecule has 19 heavy (non-hydrogen) atoms. The van der Waals surface area contributed by atoms with Gasteiger partial charge in [0.25, 0.3) is 0 Å². The molecule has 2 rings (SSSR count). The second kappa shape index (κ2) is 6.33. The van der Waals surface area contributed by atoms with Crippen molar-refractivity contribution in [1.82, 2.24) is 5.32 Å². The zero-order valence-corrected chi connectivity index (χ0v) is 13.1. The third-order valence-electron chi connectivity index (χ3n) is 3.67. The molecule has 1 N–H and O–H groups in total. The lowest BCUT2D eigenvalue weighted by atomic mass is 9.80. The van der Waals surface area contributed by atoms with Gasteiger partial charge in [-0.1, -0.05) is 26.0 Å². The molecule has 1 aromatic carbocycles. The van der Waals surface area contributed by atoms with E-state index in [4.69, 9.17) is 4.74 Å². The molecular weight excluding hydrogens is 309 g/mol. The first-order valence-corrected chi connectivity index (χ1v) is 7.56. The van der Waals surface area contributed by atoms with Crippen LogP contribution in [0.4, 0.5) is 4.39 Å². The van der Waals surface area contributed by atoms with E-state index in [9.17, 15) is 4.39 Å². The molecule has 0 spiro atoms. The lowest BCUT2D eigenvalue weighted by molar-refractivity contribution is 0.147. The van der Waals surface area contributed by atoms with Crippen molar-refractivity contribution in [3.05, 3.63) is 34.1 Å². The largest absolute Gasteiger partial charge is 0.381 e. The minimum Gasteiger partial charge on any atom is -0.381 e. The van der Waals surface area contributed by atoms with Gasteiger partial charge in [0.2, 0.25) is 0 Å². The van der Waals surface area contributed by atoms with Gasteiger partial charge >= 0.3 is 0 Å². The van der Waals surface area contributed by atoms with E-state index in [1.54, 1.807) is 6.07 Å². The Morgan fingerprint density at radius 3 is 2.89 bits per heavy atom. The quantitative estimate of drug-likeness (QED) is 0.892. The average Bonchev–Trinajstić information content (AvgIpc) is 2.82. The van der Waals surface area contributed by atoms with Crippen molar-refractivity contribution in [2.24, 2.45) is 5.41 Å². The lowest BCUT2D eigenvalue weighted by Gasteiger charge is -2.29. The highest BCUT2D eigenvalue weighted by Crippen LogP contribution is 2.35. The zero-order chi connectivity index (χ0) is 13.9. The predicted octanol–water partition coefficient (Wildman–Crippen LogP) is 3.54. The number of nitrogens with one attached hydrogen (secondary N) is 1. The highest BCUT2D eigenvalue weighted by molar-refractivity contribution is 9.10. The van der Waals surface area contributed by atoms with E-state index < -0.39 is 0 Å². The fourth-order valence-corrected chi connectivity index (χ4v) is 2.90. The van der Waals surface area contributed by atoms with Crippen LogP contribution in [-0.4, -0.2) is 25.8 Å². The molecule has 0 saturated carbocycles. The summed E-state index contributed by atoms with van der Waals surface area (Å²) < 4.78 is 19.8. The average molecular weight is 330 g/mol. The topological polar surface area (TPSA) is 21.3 Å². The van der Waals surface area contributed by atoms with Gasteiger partial charge in [-0.25, -0.2) is 4.39 Å². The highest BCUT2D eigenvalue weighted by atomic mass is 79.9. The van der Waals surface area contributed by atoms with E-state index in [1.165, 1.54) is 6.07 Å². The number of hydrogen-bond acceptors (Lipinski definition) is 2. The number of benzene rings is 1. The maximum absolute atomic E-state index is 13.6. The fraction of sp³-hybridized carbons (Fsp3) is 0.600. The Bertz CT molecular complexity index is 430. The number of hydrogen-bond donors (Lipinski definition) is 1. The first-order valence-electron chi connectivity index (χ1n) is 6.76. The van der Waals surface area contributed by atoms with Gasteiger partial charge in [-0.05, 0) is 40.4 Å². The van der Waals surface area contributed by atoms with Crippen LogP contribution in [0.15, 0.2) is 22.7 Å². The predicted molar refractivity (Wildman–Crippen MR) is 78.8 cm³/mol. The summed E-state index contributed by atoms with van der Waals surface area (Å²) in [6.07, 6.45) is 1.86. The van der Waals surface area contributed by atoms with Crippen molar-refractivity contribution >= 4 is 15.9 Å². The van der Waals surface area contributed by atoms with Crippen LogP contribution in [0.5, 0.6) is 0 Å². The smallest absolute Gasteiger partial charge is 0.137 e. The van der Waals surface area contributed by atoms with Gasteiger partial charge < -0.3 is 10.1 Å². The second-order valence-electron chi connectivity index (χ2n) is 5.73. The van der Waals surface area contributed by atoms with Crippen molar-refractivity contribution in [1.29, 1.82) is 0 Å². The second-order valence-corrected chi connectivity index (χ2v) is 6.52. The monoisotopic (exact) mass is 329 g/mol. The van der Waals surface area contributed by atoms with Crippen LogP contribution in [0.3, 0.4) is 0 Å². The molecule has 1 atom stereocenters. The van der Waals surface area contributed by atoms with Gasteiger partial charge in [0.15, 0.2) is 0 Å². The number of ether oxygens (including phenoxy) is 1. The first kappa shape index (κ1) is 14.9. The summed E-state index contributed by atoms with van der Waals surface area (Å²) in [5.74, 6) is -0.191. The molecule has 1 fully saturated rings. The van der Waals surface area contributed by atoms with E-state index >= 15 is 0 Å². The number of rotatable bonds is 5. The van der Waals surface area contributed by atoms with Crippen molar-refractivity contribution < 1.29 is 9.13 Å². The van der Waals surface area contributed by atoms with Crippen LogP contribution in [0.2, 0.25) is 0 Å². The van der Waals surface area contributed by atoms with E-state index in [1.807, 2.05) is 6.07 Å². The molecule has 0 aromatic heterocycles. The molecule has 106 valence electrons. The minimum atomic E-state index is -0.191. The molecule has 4 heteroatoms. The molecule has 0 radical (unpaired) electrons. The van der Waals surface area contributed by atoms with Gasteiger partial charge in [-0.15, -0.1) is 0 Å². The van der Waals surface area contributed by atoms with Crippen LogP contribution < -0.4 is 5.32 Å². The van der Waals surface area contributed by atoms with Crippen molar-refractivity contribution in [2.75, 3.05) is 19.8 Å². The minimum absolute atomic E-state index is 0.0839. The van der Waals surface area contributed by atoms with Gasteiger partial charge in [0, 0.05) is 24.6 Å². The molecule has 0 amide bonds. The third kappa shape index (κ3) is 3.77. The fourth-order valence-electron chi connectivity index (χ4n) is 2.50. The standard InChI is InChI=1S/C15H21BrFNO/c1-11(2)18-9-15(6-7-19-10-15)8-12-4-3-5-13(17)14(12)16/h3-5,11,18H,6-10H2,1-2H3. The molecule has 1 saturated heterocycles. The Hall–Kier alpha value is -0.450. The summed E-state index contributed by atoms with van der Waals surface area (Å²) in [4.78, 5) is 0. The molecule has 1 aliphatic rings. The van der Waals surface area contributed by atoms with Crippen LogP contribution in [0, 0.1) is 11.2 Å². The van der Waals surface area contributed by atoms with Crippen LogP contribution in [0.25, 0.3) is 0 Å². The molecule has 1 aromatic rings. The molecule has 0 bridgehead atoms. The van der Waals surface area contributed by atoms with Crippen LogP contribution in [-0.2, 0) is 11.2 Å². The number of halogens is 2. The maximum Gasteiger partial charge on any atom is 0.137 e. The molecule has 1 aliphatic heterocycles. The summed E-state index contributed by atoms with van der Waals surface area (Å²) in [7, 11) is 0. The Labute approximate surface area is 122 Å². The zero-order valence-electron chi connectivity index (χ0n) is 11.5. The summed E-state index contributed by atoms with van der Waals surface area (Å²) in [6.45, 7) is 6.74. The van der Waals surface area contributed by atoms with Gasteiger partial charge in [-0.2, -0.15) is 0 Å². The van der Waals surface area contributed by atoms with E-state index in [2.05, 4.69) is 35.1 Å². The third-order valence-corrected chi connectivity index (χ3v) is 4.56. The molecule has 1 unspecified atom stereocenters. The molecule has 1 heterocycles. The van der Waals surface area contributed by atoms with E-state index in [0.29, 0.717) is 10.5 Å². The first-order chi connectivity index (χ1) is 9.02. The SMILES string of the molecule is CC(C)NCC1(Cc2cccc(F)c2Br)CCOC1. The summed E-state index contributed by atoms with van der Waals surface area (Å²) in [5.41, 5.74) is 1.11. The Morgan fingerprint density at radius 2 is 2.26 bits per heavy atom. The van der Waals surface area contributed by atoms with E-state index in [-0.39, 0.29) is 11.2 Å². The van der Waals surface area contributed by atoms with Gasteiger partial charge in [0.1, 0.15) is 5.82 Å². The molecule has 0 aliphatic carbocycles. The lowest BCUT2D eigenvalue weighted by Crippen LogP contribution is -2.39. The molecule has 2 nitrogen and oxygen atoms in total. The highest BCUT2D eigenvalue weighted by Gasteiger charge is 2.35. The van der Waals surface area contributed by atoms with Crippen molar-refractivity contribution in [3.63, 3.8) is 0 Å². The normalized spacial score (nSPS) is 23.2. The van der Waals surface area contributed by atoms with E-state index in [0.717, 1.165) is 38.2 Å². The maximum atomic E-state index is 13.6. The van der Waals surface area contributed by atoms with Gasteiger partial charge in [0.05, 0.1) is 11.1 Å². The van der Waals surface area contributed by atoms with Crippen molar-refractivity contribution in [2.45, 2.75) is 32.7 Å². The van der Waals surface area contributed by atoms with Crippen LogP contribution >= 0.6 is 15.9 Å². The van der Waals surface area contributed by atoms with Crippen molar-refractivity contribution in [3.8, 4) is 0 Å². The molecular formula is C15H21BrFNO. The Balaban J connectivity index is 2.14. The van der Waals surface area contributed by atoms with Gasteiger partial charge in [-0.3, -0.25) is 0 Å². The van der Waals surface area contributed by atoms with Crippen LogP contribution in [0.1, 0.15) is 25.8 Å². The Kier molecular flexibility index (Phi) is 4.98. The summed E-state index contributed by atoms with van der Waals surface area (Å²) in [5, 5.41) is 3.49. The Morgan fingerprint density at radius 1 is 1.47 bits per heavy atom. The summed E-state index contributed by atoms with van der Waals surface area (Å²) in [6, 6.07) is 5.70. The summed E-state index contributed by atoms with van der Waals surface area (Å²) >= 11 is 3.36.